The van der Waals surface area contributed by atoms with Crippen LogP contribution in [-0.4, -0.2) is 60.7 Å². The van der Waals surface area contributed by atoms with Gasteiger partial charge in [0.2, 0.25) is 0 Å². The molecule has 6 rings (SSSR count). The van der Waals surface area contributed by atoms with Crippen molar-refractivity contribution in [1.82, 2.24) is 0 Å². The smallest absolute Gasteiger partial charge is 0.493 e. The molecule has 0 amide bonds. The number of benzene rings is 2. The van der Waals surface area contributed by atoms with Crippen LogP contribution in [-0.2, 0) is 29.4 Å². The Morgan fingerprint density at radius 1 is 0.646 bits per heavy atom. The van der Waals surface area contributed by atoms with Crippen LogP contribution in [0.25, 0.3) is 0 Å². The fourth-order valence-electron chi connectivity index (χ4n) is 6.25. The first kappa shape index (κ1) is 36.9. The highest BCUT2D eigenvalue weighted by Crippen LogP contribution is 2.43. The summed E-state index contributed by atoms with van der Waals surface area (Å²) in [5, 5.41) is 10.5. The van der Waals surface area contributed by atoms with E-state index < -0.39 is 31.5 Å². The van der Waals surface area contributed by atoms with Gasteiger partial charge in [0.1, 0.15) is 11.5 Å². The van der Waals surface area contributed by atoms with Crippen molar-refractivity contribution >= 4 is 30.9 Å². The minimum atomic E-state index is -0.503. The molecule has 2 aromatic rings. The summed E-state index contributed by atoms with van der Waals surface area (Å²) in [5.74, 6) is 1.67. The number of hydrogen-bond donors (Lipinski definition) is 1. The number of carbonyl (C=O) groups excluding carboxylic acids is 1. The average molecular weight is 662 g/mol. The Balaban J connectivity index is 0.000000188. The third kappa shape index (κ3) is 6.85. The largest absolute Gasteiger partial charge is 0.494 e. The minimum absolute atomic E-state index is 0.0964. The number of fused-ring (bicyclic) bond motifs is 2. The second-order valence-electron chi connectivity index (χ2n) is 17.8. The molecule has 0 spiro atoms. The van der Waals surface area contributed by atoms with Crippen molar-refractivity contribution in [2.45, 2.75) is 149 Å². The summed E-state index contributed by atoms with van der Waals surface area (Å²) in [7, 11) is -0.911. The van der Waals surface area contributed by atoms with Crippen LogP contribution < -0.4 is 20.4 Å². The van der Waals surface area contributed by atoms with Crippen LogP contribution >= 0.6 is 0 Å². The number of rotatable bonds is 2. The molecular formula is C38H56B2O8. The fourth-order valence-corrected chi connectivity index (χ4v) is 6.25. The Labute approximate surface area is 288 Å². The molecule has 0 aliphatic carbocycles. The van der Waals surface area contributed by atoms with Gasteiger partial charge >= 0.3 is 14.2 Å². The first-order valence-corrected chi connectivity index (χ1v) is 17.4. The molecule has 0 saturated carbocycles. The van der Waals surface area contributed by atoms with E-state index in [4.69, 9.17) is 28.1 Å². The molecule has 4 heterocycles. The first-order valence-electron chi connectivity index (χ1n) is 17.4. The van der Waals surface area contributed by atoms with Crippen molar-refractivity contribution in [2.24, 2.45) is 0 Å². The lowest BCUT2D eigenvalue weighted by Gasteiger charge is -2.32. The Kier molecular flexibility index (Phi) is 9.34. The maximum atomic E-state index is 12.4. The highest BCUT2D eigenvalue weighted by Gasteiger charge is 2.53. The SMILES string of the molecule is CC(C)(C)c1cc(B2OC(C)(C)C(C)(C)O2)cc2c1OCCC2=O.CC(C)(C)c1cc(B2OC(C)(C)C(C)(C)O2)cc2c1OCCC2O. The lowest BCUT2D eigenvalue weighted by Crippen LogP contribution is -2.41. The van der Waals surface area contributed by atoms with Crippen LogP contribution in [0.5, 0.6) is 11.5 Å². The van der Waals surface area contributed by atoms with Gasteiger partial charge < -0.3 is 33.2 Å². The lowest BCUT2D eigenvalue weighted by molar-refractivity contribution is 0.00578. The van der Waals surface area contributed by atoms with E-state index >= 15 is 0 Å². The Morgan fingerprint density at radius 2 is 1.06 bits per heavy atom. The van der Waals surface area contributed by atoms with Gasteiger partial charge in [-0.15, -0.1) is 0 Å². The number of aliphatic hydroxyl groups excluding tert-OH is 1. The molecule has 4 aliphatic heterocycles. The van der Waals surface area contributed by atoms with Crippen LogP contribution in [0.1, 0.15) is 143 Å². The number of Topliss-reactive ketones (excluding diaryl/α,β-unsaturated/α-hetero) is 1. The molecule has 0 radical (unpaired) electrons. The molecule has 0 bridgehead atoms. The maximum absolute atomic E-state index is 12.4. The summed E-state index contributed by atoms with van der Waals surface area (Å²) >= 11 is 0. The highest BCUT2D eigenvalue weighted by atomic mass is 16.7. The summed E-state index contributed by atoms with van der Waals surface area (Å²) in [4.78, 5) is 12.4. The van der Waals surface area contributed by atoms with Crippen molar-refractivity contribution in [3.8, 4) is 11.5 Å². The van der Waals surface area contributed by atoms with Crippen molar-refractivity contribution in [2.75, 3.05) is 13.2 Å². The third-order valence-corrected chi connectivity index (χ3v) is 10.8. The molecule has 1 N–H and O–H groups in total. The van der Waals surface area contributed by atoms with E-state index in [9.17, 15) is 9.90 Å². The molecule has 0 aromatic heterocycles. The van der Waals surface area contributed by atoms with Gasteiger partial charge in [0.25, 0.3) is 0 Å². The van der Waals surface area contributed by atoms with Crippen LogP contribution in [0.4, 0.5) is 0 Å². The quantitative estimate of drug-likeness (QED) is 0.373. The van der Waals surface area contributed by atoms with Gasteiger partial charge in [-0.25, -0.2) is 0 Å². The predicted molar refractivity (Wildman–Crippen MR) is 191 cm³/mol. The van der Waals surface area contributed by atoms with Crippen LogP contribution in [0, 0.1) is 0 Å². The van der Waals surface area contributed by atoms with Gasteiger partial charge in [0, 0.05) is 18.4 Å². The van der Waals surface area contributed by atoms with Crippen LogP contribution in [0.2, 0.25) is 0 Å². The third-order valence-electron chi connectivity index (χ3n) is 10.8. The van der Waals surface area contributed by atoms with Gasteiger partial charge in [-0.2, -0.15) is 0 Å². The van der Waals surface area contributed by atoms with Crippen molar-refractivity contribution < 1.29 is 38.0 Å². The van der Waals surface area contributed by atoms with E-state index in [0.29, 0.717) is 31.6 Å². The van der Waals surface area contributed by atoms with Crippen molar-refractivity contribution in [1.29, 1.82) is 0 Å². The predicted octanol–water partition coefficient (Wildman–Crippen LogP) is 6.35. The second kappa shape index (κ2) is 12.2. The van der Waals surface area contributed by atoms with E-state index in [-0.39, 0.29) is 27.8 Å². The van der Waals surface area contributed by atoms with Crippen molar-refractivity contribution in [3.05, 3.63) is 46.5 Å². The van der Waals surface area contributed by atoms with Crippen LogP contribution in [0.3, 0.4) is 0 Å². The zero-order chi connectivity index (χ0) is 35.8. The average Bonchev–Trinajstić information content (AvgIpc) is 3.31. The number of ketones is 1. The molecule has 8 nitrogen and oxygen atoms in total. The molecule has 1 unspecified atom stereocenters. The number of carbonyl (C=O) groups is 1. The fraction of sp³-hybridized carbons (Fsp3) is 0.658. The Morgan fingerprint density at radius 3 is 1.52 bits per heavy atom. The van der Waals surface area contributed by atoms with Crippen molar-refractivity contribution in [3.63, 3.8) is 0 Å². The second-order valence-corrected chi connectivity index (χ2v) is 17.8. The van der Waals surface area contributed by atoms with E-state index in [1.54, 1.807) is 0 Å². The maximum Gasteiger partial charge on any atom is 0.494 e. The summed E-state index contributed by atoms with van der Waals surface area (Å²) < 4.78 is 36.5. The number of hydrogen-bond acceptors (Lipinski definition) is 8. The van der Waals surface area contributed by atoms with Gasteiger partial charge in [-0.1, -0.05) is 59.7 Å². The molecule has 10 heteroatoms. The summed E-state index contributed by atoms with van der Waals surface area (Å²) in [6.45, 7) is 30.2. The van der Waals surface area contributed by atoms with Crippen LogP contribution in [0.15, 0.2) is 24.3 Å². The molecule has 262 valence electrons. The molecule has 2 aromatic carbocycles. The standard InChI is InChI=1S/C19H29BO4.C19H27BO4/c2*1-17(2,3)14-11-12(10-13-15(21)8-9-22-16(13)14)20-23-18(4,5)19(6,7)24-20/h10-11,15,21H,8-9H2,1-7H3;10-11H,8-9H2,1-7H3. The molecule has 2 saturated heterocycles. The Hall–Kier alpha value is -2.36. The van der Waals surface area contributed by atoms with Gasteiger partial charge in [-0.3, -0.25) is 4.79 Å². The molecular weight excluding hydrogens is 606 g/mol. The molecule has 1 atom stereocenters. The van der Waals surface area contributed by atoms with E-state index in [1.165, 1.54) is 0 Å². The van der Waals surface area contributed by atoms with Gasteiger partial charge in [0.05, 0.1) is 47.3 Å². The normalized spacial score (nSPS) is 23.8. The summed E-state index contributed by atoms with van der Waals surface area (Å²) in [6, 6.07) is 8.04. The Bertz CT molecular complexity index is 1530. The zero-order valence-electron chi connectivity index (χ0n) is 31.7. The van der Waals surface area contributed by atoms with E-state index in [1.807, 2.05) is 67.5 Å². The lowest BCUT2D eigenvalue weighted by atomic mass is 9.73. The first-order chi connectivity index (χ1) is 21.8. The van der Waals surface area contributed by atoms with Gasteiger partial charge in [0.15, 0.2) is 5.78 Å². The zero-order valence-corrected chi connectivity index (χ0v) is 31.7. The van der Waals surface area contributed by atoms with E-state index in [2.05, 4.69) is 53.7 Å². The summed E-state index contributed by atoms with van der Waals surface area (Å²) in [6.07, 6.45) is 0.532. The summed E-state index contributed by atoms with van der Waals surface area (Å²) in [5.41, 5.74) is 3.62. The molecule has 48 heavy (non-hydrogen) atoms. The molecule has 4 aliphatic rings. The van der Waals surface area contributed by atoms with Gasteiger partial charge in [-0.05, 0) is 94.3 Å². The topological polar surface area (TPSA) is 92.7 Å². The monoisotopic (exact) mass is 662 g/mol. The minimum Gasteiger partial charge on any atom is -0.493 e. The number of aliphatic hydroxyl groups is 1. The molecule has 2 fully saturated rings. The highest BCUT2D eigenvalue weighted by molar-refractivity contribution is 6.62. The van der Waals surface area contributed by atoms with E-state index in [0.717, 1.165) is 39.1 Å². The number of ether oxygens (including phenoxy) is 2.